The van der Waals surface area contributed by atoms with Crippen LogP contribution in [0.2, 0.25) is 0 Å². The van der Waals surface area contributed by atoms with Crippen molar-refractivity contribution in [3.8, 4) is 0 Å². The SMILES string of the molecule is C.CC.CC.CC.CC(C)C.[B]. The third-order valence-corrected chi connectivity index (χ3v) is 0. The van der Waals surface area contributed by atoms with Gasteiger partial charge in [0.15, 0.2) is 0 Å². The summed E-state index contributed by atoms with van der Waals surface area (Å²) in [5, 5.41) is 0. The van der Waals surface area contributed by atoms with E-state index in [-0.39, 0.29) is 15.8 Å². The van der Waals surface area contributed by atoms with E-state index in [0.29, 0.717) is 0 Å². The smallest absolute Gasteiger partial charge is 0 e. The van der Waals surface area contributed by atoms with E-state index in [2.05, 4.69) is 20.8 Å². The van der Waals surface area contributed by atoms with E-state index >= 15 is 0 Å². The Morgan fingerprint density at radius 3 is 0.583 bits per heavy atom. The van der Waals surface area contributed by atoms with Gasteiger partial charge in [-0.15, -0.1) is 0 Å². The van der Waals surface area contributed by atoms with Crippen molar-refractivity contribution in [3.05, 3.63) is 0 Å². The van der Waals surface area contributed by atoms with Crippen molar-refractivity contribution in [1.82, 2.24) is 0 Å². The Hall–Kier alpha value is 0.0649. The Labute approximate surface area is 84.7 Å². The molecule has 1 heteroatoms. The molecule has 0 aromatic heterocycles. The van der Waals surface area contributed by atoms with Crippen LogP contribution in [0.15, 0.2) is 0 Å². The lowest BCUT2D eigenvalue weighted by atomic mass is 10.3. The lowest BCUT2D eigenvalue weighted by Crippen LogP contribution is -1.66. The second-order valence-corrected chi connectivity index (χ2v) is 1.73. The van der Waals surface area contributed by atoms with Gasteiger partial charge in [-0.1, -0.05) is 69.7 Å². The van der Waals surface area contributed by atoms with Gasteiger partial charge in [0.2, 0.25) is 0 Å². The maximum Gasteiger partial charge on any atom is 0 e. The zero-order valence-corrected chi connectivity index (χ0v) is 10.2. The Bertz CT molecular complexity index is 9.72. The largest absolute Gasteiger partial charge is 0.0776 e. The molecule has 0 nitrogen and oxygen atoms in total. The minimum Gasteiger partial charge on any atom is -0.0776 e. The third kappa shape index (κ3) is 196000. The van der Waals surface area contributed by atoms with Gasteiger partial charge in [0, 0.05) is 8.41 Å². The van der Waals surface area contributed by atoms with Crippen LogP contribution in [0, 0.1) is 5.92 Å². The standard InChI is InChI=1S/C4H10.3C2H6.CH4.B/c1-4(2)3;3*1-2;;/h4H,1-3H3;3*1-2H3;1H4;. The van der Waals surface area contributed by atoms with Crippen LogP contribution in [-0.4, -0.2) is 8.41 Å². The summed E-state index contributed by atoms with van der Waals surface area (Å²) in [5.74, 6) is 0.833. The molecule has 12 heavy (non-hydrogen) atoms. The quantitative estimate of drug-likeness (QED) is 0.454. The van der Waals surface area contributed by atoms with Crippen LogP contribution < -0.4 is 0 Å². The van der Waals surface area contributed by atoms with Crippen molar-refractivity contribution in [2.75, 3.05) is 0 Å². The van der Waals surface area contributed by atoms with Gasteiger partial charge in [-0.3, -0.25) is 0 Å². The van der Waals surface area contributed by atoms with Crippen molar-refractivity contribution >= 4 is 8.41 Å². The van der Waals surface area contributed by atoms with Gasteiger partial charge in [0.25, 0.3) is 0 Å². The molecule has 0 unspecified atom stereocenters. The molecule has 0 saturated heterocycles. The molecule has 0 bridgehead atoms. The highest BCUT2D eigenvalue weighted by molar-refractivity contribution is 5.75. The van der Waals surface area contributed by atoms with Crippen molar-refractivity contribution < 1.29 is 0 Å². The van der Waals surface area contributed by atoms with Crippen molar-refractivity contribution in [1.29, 1.82) is 0 Å². The minimum absolute atomic E-state index is 0. The Balaban J connectivity index is -0.0000000101. The maximum atomic E-state index is 2.17. The van der Waals surface area contributed by atoms with E-state index in [0.717, 1.165) is 5.92 Å². The first kappa shape index (κ1) is 40.2. The van der Waals surface area contributed by atoms with Crippen LogP contribution in [0.25, 0.3) is 0 Å². The van der Waals surface area contributed by atoms with E-state index in [9.17, 15) is 0 Å². The highest BCUT2D eigenvalue weighted by Gasteiger charge is 1.68. The third-order valence-electron chi connectivity index (χ3n) is 0. The average Bonchev–Trinajstić information content (AvgIpc) is 1.98. The summed E-state index contributed by atoms with van der Waals surface area (Å²) in [6.45, 7) is 18.5. The second kappa shape index (κ2) is 119. The van der Waals surface area contributed by atoms with Gasteiger partial charge in [-0.25, -0.2) is 0 Å². The molecule has 3 radical (unpaired) electrons. The van der Waals surface area contributed by atoms with Crippen molar-refractivity contribution in [3.63, 3.8) is 0 Å². The number of rotatable bonds is 0. The van der Waals surface area contributed by atoms with Gasteiger partial charge in [-0.2, -0.15) is 0 Å². The Morgan fingerprint density at radius 1 is 0.583 bits per heavy atom. The fraction of sp³-hybridized carbons (Fsp3) is 1.00. The molecule has 0 N–H and O–H groups in total. The molecule has 0 aliphatic carbocycles. The first-order valence-electron chi connectivity index (χ1n) is 4.73. The van der Waals surface area contributed by atoms with E-state index in [1.54, 1.807) is 0 Å². The lowest BCUT2D eigenvalue weighted by molar-refractivity contribution is 0.737. The molecule has 0 spiro atoms. The molecular formula is C11H32B. The Kier molecular flexibility index (Phi) is 399. The van der Waals surface area contributed by atoms with Gasteiger partial charge in [-0.05, 0) is 5.92 Å². The van der Waals surface area contributed by atoms with E-state index in [1.807, 2.05) is 41.5 Å². The first-order valence-corrected chi connectivity index (χ1v) is 4.73. The molecule has 0 amide bonds. The van der Waals surface area contributed by atoms with Crippen molar-refractivity contribution in [2.45, 2.75) is 69.7 Å². The highest BCUT2D eigenvalue weighted by Crippen LogP contribution is 1.81. The molecular weight excluding hydrogens is 143 g/mol. The predicted molar refractivity (Wildman–Crippen MR) is 67.0 cm³/mol. The zero-order chi connectivity index (χ0) is 9.58. The molecule has 0 fully saturated rings. The molecule has 0 aliphatic heterocycles. The maximum absolute atomic E-state index is 2.17. The summed E-state index contributed by atoms with van der Waals surface area (Å²) >= 11 is 0. The van der Waals surface area contributed by atoms with E-state index in [1.165, 1.54) is 0 Å². The molecule has 79 valence electrons. The van der Waals surface area contributed by atoms with Gasteiger partial charge >= 0.3 is 0 Å². The van der Waals surface area contributed by atoms with Crippen LogP contribution >= 0.6 is 0 Å². The summed E-state index contributed by atoms with van der Waals surface area (Å²) in [5.41, 5.74) is 0. The second-order valence-electron chi connectivity index (χ2n) is 1.73. The number of hydrogen-bond donors (Lipinski definition) is 0. The van der Waals surface area contributed by atoms with Crippen LogP contribution in [0.3, 0.4) is 0 Å². The minimum atomic E-state index is 0. The van der Waals surface area contributed by atoms with Crippen LogP contribution in [0.5, 0.6) is 0 Å². The molecule has 0 atom stereocenters. The summed E-state index contributed by atoms with van der Waals surface area (Å²) in [6.07, 6.45) is 0. The van der Waals surface area contributed by atoms with Gasteiger partial charge in [0.05, 0.1) is 0 Å². The highest BCUT2D eigenvalue weighted by atomic mass is 13.7. The van der Waals surface area contributed by atoms with Crippen LogP contribution in [0.1, 0.15) is 69.7 Å². The van der Waals surface area contributed by atoms with Crippen molar-refractivity contribution in [2.24, 2.45) is 5.92 Å². The fourth-order valence-corrected chi connectivity index (χ4v) is 0. The summed E-state index contributed by atoms with van der Waals surface area (Å²) in [6, 6.07) is 0. The molecule has 0 aromatic rings. The summed E-state index contributed by atoms with van der Waals surface area (Å²) in [4.78, 5) is 0. The Morgan fingerprint density at radius 2 is 0.583 bits per heavy atom. The molecule has 0 aliphatic rings. The summed E-state index contributed by atoms with van der Waals surface area (Å²) < 4.78 is 0. The average molecular weight is 175 g/mol. The van der Waals surface area contributed by atoms with E-state index < -0.39 is 0 Å². The number of hydrogen-bond acceptors (Lipinski definition) is 0. The molecule has 0 aromatic carbocycles. The first-order chi connectivity index (χ1) is 4.73. The van der Waals surface area contributed by atoms with Gasteiger partial charge in [0.1, 0.15) is 0 Å². The normalized spacial score (nSPS) is 4.50. The van der Waals surface area contributed by atoms with E-state index in [4.69, 9.17) is 0 Å². The monoisotopic (exact) mass is 175 g/mol. The summed E-state index contributed by atoms with van der Waals surface area (Å²) in [7, 11) is 0. The molecule has 0 rings (SSSR count). The van der Waals surface area contributed by atoms with Crippen LogP contribution in [-0.2, 0) is 0 Å². The fourth-order valence-electron chi connectivity index (χ4n) is 0. The van der Waals surface area contributed by atoms with Crippen LogP contribution in [0.4, 0.5) is 0 Å². The predicted octanol–water partition coefficient (Wildman–Crippen LogP) is 5.00. The topological polar surface area (TPSA) is 0 Å². The molecule has 0 saturated carbocycles. The zero-order valence-electron chi connectivity index (χ0n) is 10.2. The van der Waals surface area contributed by atoms with Gasteiger partial charge < -0.3 is 0 Å². The molecule has 0 heterocycles. The lowest BCUT2D eigenvalue weighted by Gasteiger charge is -1.79.